The van der Waals surface area contributed by atoms with Crippen LogP contribution in [0.1, 0.15) is 309 Å². The van der Waals surface area contributed by atoms with Crippen molar-refractivity contribution in [2.45, 2.75) is 321 Å². The summed E-state index contributed by atoms with van der Waals surface area (Å²) in [6.07, 6.45) is 77.1. The fraction of sp³-hybridized carbons (Fsp3) is 0.850. The van der Waals surface area contributed by atoms with Gasteiger partial charge in [0.05, 0.1) is 18.8 Å². The first-order valence-corrected chi connectivity index (χ1v) is 28.9. The number of hydrogen-bond acceptors (Lipinski definition) is 3. The molecule has 0 aromatic carbocycles. The summed E-state index contributed by atoms with van der Waals surface area (Å²) in [5, 5.41) is 23.2. The first-order valence-electron chi connectivity index (χ1n) is 28.9. The second-order valence-corrected chi connectivity index (χ2v) is 19.7. The summed E-state index contributed by atoms with van der Waals surface area (Å²) in [7, 11) is 0. The van der Waals surface area contributed by atoms with Gasteiger partial charge in [-0.15, -0.1) is 0 Å². The van der Waals surface area contributed by atoms with Gasteiger partial charge in [-0.05, 0) is 64.2 Å². The number of hydrogen-bond donors (Lipinski definition) is 3. The Morgan fingerprint density at radius 1 is 0.375 bits per heavy atom. The van der Waals surface area contributed by atoms with Crippen LogP contribution in [0.5, 0.6) is 0 Å². The third-order valence-electron chi connectivity index (χ3n) is 13.3. The van der Waals surface area contributed by atoms with Gasteiger partial charge in [0, 0.05) is 6.42 Å². The van der Waals surface area contributed by atoms with Gasteiger partial charge in [0.2, 0.25) is 5.91 Å². The fourth-order valence-corrected chi connectivity index (χ4v) is 8.87. The second kappa shape index (κ2) is 55.7. The molecule has 2 unspecified atom stereocenters. The molecule has 0 aliphatic carbocycles. The van der Waals surface area contributed by atoms with E-state index in [0.717, 1.165) is 38.5 Å². The smallest absolute Gasteiger partial charge is 0.220 e. The van der Waals surface area contributed by atoms with Crippen molar-refractivity contribution in [3.05, 3.63) is 48.6 Å². The van der Waals surface area contributed by atoms with Crippen LogP contribution in [0.25, 0.3) is 0 Å². The van der Waals surface area contributed by atoms with E-state index in [-0.39, 0.29) is 12.5 Å². The third-order valence-corrected chi connectivity index (χ3v) is 13.3. The molecular weight excluding hydrogens is 783 g/mol. The van der Waals surface area contributed by atoms with Gasteiger partial charge in [-0.1, -0.05) is 287 Å². The summed E-state index contributed by atoms with van der Waals surface area (Å²) in [4.78, 5) is 12.5. The lowest BCUT2D eigenvalue weighted by atomic mass is 10.0. The molecule has 0 aromatic rings. The highest BCUT2D eigenvalue weighted by molar-refractivity contribution is 5.76. The summed E-state index contributed by atoms with van der Waals surface area (Å²) in [6, 6.07) is -0.640. The van der Waals surface area contributed by atoms with Gasteiger partial charge in [0.1, 0.15) is 0 Å². The number of nitrogens with one attached hydrogen (secondary N) is 1. The SMILES string of the molecule is CCCCCCC/C=C\C/C=C\CCCCCCCCCCCCCCCCCC(=O)NC(CO)C(O)/C=C/CC/C=C/CCCCCCCCCCCCCCCCCCCCC. The molecule has 4 heteroatoms. The zero-order valence-corrected chi connectivity index (χ0v) is 43.3. The highest BCUT2D eigenvalue weighted by atomic mass is 16.3. The second-order valence-electron chi connectivity index (χ2n) is 19.7. The van der Waals surface area contributed by atoms with Crippen LogP contribution in [0.3, 0.4) is 0 Å². The predicted octanol–water partition coefficient (Wildman–Crippen LogP) is 19.0. The van der Waals surface area contributed by atoms with Crippen LogP contribution in [0.15, 0.2) is 48.6 Å². The summed E-state index contributed by atoms with van der Waals surface area (Å²) in [6.45, 7) is 4.32. The normalized spacial score (nSPS) is 13.1. The molecule has 1 amide bonds. The van der Waals surface area contributed by atoms with Gasteiger partial charge in [0.25, 0.3) is 0 Å². The van der Waals surface area contributed by atoms with Crippen molar-refractivity contribution in [1.82, 2.24) is 5.32 Å². The highest BCUT2D eigenvalue weighted by Gasteiger charge is 2.18. The van der Waals surface area contributed by atoms with Crippen molar-refractivity contribution in [2.24, 2.45) is 0 Å². The first-order chi connectivity index (χ1) is 31.7. The van der Waals surface area contributed by atoms with E-state index < -0.39 is 12.1 Å². The zero-order chi connectivity index (χ0) is 46.3. The van der Waals surface area contributed by atoms with E-state index in [1.165, 1.54) is 250 Å². The molecule has 0 saturated heterocycles. The molecule has 0 saturated carbocycles. The van der Waals surface area contributed by atoms with Gasteiger partial charge in [0.15, 0.2) is 0 Å². The molecule has 0 aromatic heterocycles. The van der Waals surface area contributed by atoms with E-state index in [9.17, 15) is 15.0 Å². The standard InChI is InChI=1S/C60H113NO3/c1-3-5-7-9-11-13-15-17-19-21-23-25-27-29-30-32-34-36-38-40-42-44-46-48-50-52-54-56-60(64)61-58(57-62)59(63)55-53-51-49-47-45-43-41-39-37-35-33-31-28-26-24-22-20-18-16-14-12-10-8-6-4-2/h15,17,21,23,45,47,53,55,58-59,62-63H,3-14,16,18-20,22,24-44,46,48-52,54,56-57H2,1-2H3,(H,61,64)/b17-15-,23-21-,47-45+,55-53+. The fourth-order valence-electron chi connectivity index (χ4n) is 8.87. The summed E-state index contributed by atoms with van der Waals surface area (Å²) < 4.78 is 0. The number of carbonyl (C=O) groups excluding carboxylic acids is 1. The first kappa shape index (κ1) is 62.4. The van der Waals surface area contributed by atoms with Crippen molar-refractivity contribution < 1.29 is 15.0 Å². The van der Waals surface area contributed by atoms with Crippen molar-refractivity contribution in [2.75, 3.05) is 6.61 Å². The number of amides is 1. The molecule has 0 spiro atoms. The number of unbranched alkanes of at least 4 members (excludes halogenated alkanes) is 40. The molecule has 3 N–H and O–H groups in total. The van der Waals surface area contributed by atoms with Crippen LogP contribution in [0, 0.1) is 0 Å². The van der Waals surface area contributed by atoms with E-state index in [1.807, 2.05) is 6.08 Å². The van der Waals surface area contributed by atoms with Gasteiger partial charge < -0.3 is 15.5 Å². The Balaban J connectivity index is 3.51. The van der Waals surface area contributed by atoms with E-state index in [1.54, 1.807) is 6.08 Å². The molecule has 4 nitrogen and oxygen atoms in total. The molecule has 0 radical (unpaired) electrons. The average Bonchev–Trinajstić information content (AvgIpc) is 3.30. The molecule has 0 aliphatic rings. The minimum absolute atomic E-state index is 0.0705. The maximum absolute atomic E-state index is 12.5. The Kier molecular flexibility index (Phi) is 54.2. The number of rotatable bonds is 53. The molecule has 2 atom stereocenters. The number of aliphatic hydroxyl groups excluding tert-OH is 2. The van der Waals surface area contributed by atoms with Crippen molar-refractivity contribution in [1.29, 1.82) is 0 Å². The van der Waals surface area contributed by atoms with Crippen LogP contribution in [0.4, 0.5) is 0 Å². The number of allylic oxidation sites excluding steroid dienone is 7. The molecule has 64 heavy (non-hydrogen) atoms. The van der Waals surface area contributed by atoms with E-state index >= 15 is 0 Å². The lowest BCUT2D eigenvalue weighted by Crippen LogP contribution is -2.45. The van der Waals surface area contributed by atoms with Crippen LogP contribution in [-0.2, 0) is 4.79 Å². The molecule has 376 valence electrons. The summed E-state index contributed by atoms with van der Waals surface area (Å²) in [5.74, 6) is -0.0705. The molecule has 0 fully saturated rings. The Bertz CT molecular complexity index is 1020. The molecule has 0 rings (SSSR count). The van der Waals surface area contributed by atoms with Crippen molar-refractivity contribution in [3.63, 3.8) is 0 Å². The summed E-state index contributed by atoms with van der Waals surface area (Å²) >= 11 is 0. The highest BCUT2D eigenvalue weighted by Crippen LogP contribution is 2.17. The van der Waals surface area contributed by atoms with Crippen molar-refractivity contribution in [3.8, 4) is 0 Å². The average molecular weight is 897 g/mol. The van der Waals surface area contributed by atoms with Crippen LogP contribution < -0.4 is 5.32 Å². The largest absolute Gasteiger partial charge is 0.394 e. The van der Waals surface area contributed by atoms with Gasteiger partial charge in [-0.3, -0.25) is 4.79 Å². The van der Waals surface area contributed by atoms with Gasteiger partial charge in [-0.25, -0.2) is 0 Å². The third kappa shape index (κ3) is 51.3. The lowest BCUT2D eigenvalue weighted by Gasteiger charge is -2.19. The van der Waals surface area contributed by atoms with E-state index in [0.29, 0.717) is 6.42 Å². The van der Waals surface area contributed by atoms with E-state index in [2.05, 4.69) is 55.6 Å². The Labute approximate surface area is 401 Å². The summed E-state index contributed by atoms with van der Waals surface area (Å²) in [5.41, 5.74) is 0. The lowest BCUT2D eigenvalue weighted by molar-refractivity contribution is -0.123. The number of carbonyl (C=O) groups is 1. The Morgan fingerprint density at radius 3 is 1.00 bits per heavy atom. The minimum atomic E-state index is -0.863. The van der Waals surface area contributed by atoms with Gasteiger partial charge in [-0.2, -0.15) is 0 Å². The zero-order valence-electron chi connectivity index (χ0n) is 43.3. The Hall–Kier alpha value is -1.65. The maximum atomic E-state index is 12.5. The van der Waals surface area contributed by atoms with Gasteiger partial charge >= 0.3 is 0 Å². The van der Waals surface area contributed by atoms with Crippen LogP contribution >= 0.6 is 0 Å². The molecule has 0 heterocycles. The molecular formula is C60H113NO3. The topological polar surface area (TPSA) is 69.6 Å². The molecule has 0 bridgehead atoms. The van der Waals surface area contributed by atoms with Crippen molar-refractivity contribution >= 4 is 5.91 Å². The van der Waals surface area contributed by atoms with E-state index in [4.69, 9.17) is 0 Å². The molecule has 0 aliphatic heterocycles. The van der Waals surface area contributed by atoms with Crippen LogP contribution in [0.2, 0.25) is 0 Å². The predicted molar refractivity (Wildman–Crippen MR) is 285 cm³/mol. The Morgan fingerprint density at radius 2 is 0.656 bits per heavy atom. The monoisotopic (exact) mass is 896 g/mol. The minimum Gasteiger partial charge on any atom is -0.394 e. The number of aliphatic hydroxyl groups is 2. The quantitative estimate of drug-likeness (QED) is 0.0421. The maximum Gasteiger partial charge on any atom is 0.220 e. The van der Waals surface area contributed by atoms with Crippen LogP contribution in [-0.4, -0.2) is 34.9 Å².